The van der Waals surface area contributed by atoms with E-state index in [0.29, 0.717) is 12.0 Å². The van der Waals surface area contributed by atoms with Gasteiger partial charge in [-0.1, -0.05) is 12.1 Å². The predicted octanol–water partition coefficient (Wildman–Crippen LogP) is 2.17. The minimum Gasteiger partial charge on any atom is -0.505 e. The molecule has 4 N–H and O–H groups in total. The molecule has 1 amide bonds. The van der Waals surface area contributed by atoms with Crippen LogP contribution in [-0.2, 0) is 22.1 Å². The van der Waals surface area contributed by atoms with Crippen molar-refractivity contribution in [1.82, 2.24) is 14.9 Å². The number of benzene rings is 1. The number of fused-ring (bicyclic) bond motifs is 1. The van der Waals surface area contributed by atoms with Gasteiger partial charge in [0.1, 0.15) is 16.9 Å². The second kappa shape index (κ2) is 11.5. The summed E-state index contributed by atoms with van der Waals surface area (Å²) in [7, 11) is -3.84. The highest BCUT2D eigenvalue weighted by molar-refractivity contribution is 7.52. The van der Waals surface area contributed by atoms with E-state index in [-0.39, 0.29) is 55.7 Å². The summed E-state index contributed by atoms with van der Waals surface area (Å²) in [5.41, 5.74) is 0.338. The van der Waals surface area contributed by atoms with Crippen molar-refractivity contribution < 1.29 is 33.4 Å². The molecule has 0 aliphatic rings. The van der Waals surface area contributed by atoms with Gasteiger partial charge >= 0.3 is 7.60 Å². The van der Waals surface area contributed by atoms with Crippen molar-refractivity contribution >= 4 is 24.5 Å². The van der Waals surface area contributed by atoms with Gasteiger partial charge in [-0.05, 0) is 49.1 Å². The second-order valence-electron chi connectivity index (χ2n) is 7.81. The quantitative estimate of drug-likeness (QED) is 0.288. The van der Waals surface area contributed by atoms with Crippen LogP contribution in [0.4, 0.5) is 4.39 Å². The molecule has 0 saturated heterocycles. The molecule has 3 rings (SSSR count). The van der Waals surface area contributed by atoms with E-state index in [0.717, 1.165) is 5.56 Å². The maximum absolute atomic E-state index is 13.2. The number of aromatic nitrogens is 2. The Morgan fingerprint density at radius 2 is 1.97 bits per heavy atom. The van der Waals surface area contributed by atoms with Crippen molar-refractivity contribution in [2.75, 3.05) is 25.9 Å². The first kappa shape index (κ1) is 26.5. The number of nitrogens with one attached hydrogen (secondary N) is 1. The smallest absolute Gasteiger partial charge is 0.328 e. The molecule has 0 bridgehead atoms. The van der Waals surface area contributed by atoms with E-state index in [2.05, 4.69) is 10.3 Å². The van der Waals surface area contributed by atoms with E-state index in [1.54, 1.807) is 25.1 Å². The number of aliphatic hydroxyl groups is 1. The lowest BCUT2D eigenvalue weighted by molar-refractivity contribution is 0.0940. The number of rotatable bonds is 11. The molecular weight excluding hydrogens is 480 g/mol. The molecule has 0 radical (unpaired) electrons. The van der Waals surface area contributed by atoms with Gasteiger partial charge in [-0.25, -0.2) is 4.39 Å². The van der Waals surface area contributed by atoms with Crippen LogP contribution >= 0.6 is 7.60 Å². The van der Waals surface area contributed by atoms with Crippen molar-refractivity contribution in [3.8, 4) is 5.75 Å². The Morgan fingerprint density at radius 3 is 2.63 bits per heavy atom. The number of aromatic hydroxyl groups is 1. The van der Waals surface area contributed by atoms with E-state index >= 15 is 0 Å². The molecule has 0 aliphatic carbocycles. The van der Waals surface area contributed by atoms with E-state index in [4.69, 9.17) is 9.63 Å². The third-order valence-electron chi connectivity index (χ3n) is 5.23. The number of amides is 1. The maximum atomic E-state index is 13.2. The molecule has 0 spiro atoms. The predicted molar refractivity (Wildman–Crippen MR) is 127 cm³/mol. The van der Waals surface area contributed by atoms with Gasteiger partial charge in [-0.15, -0.1) is 0 Å². The first-order valence-electron chi connectivity index (χ1n) is 11.0. The van der Waals surface area contributed by atoms with E-state index in [1.807, 2.05) is 0 Å². The number of halogens is 1. The lowest BCUT2D eigenvalue weighted by Crippen LogP contribution is -2.35. The first-order valence-corrected chi connectivity index (χ1v) is 12.8. The number of hydrogen-bond donors (Lipinski definition) is 4. The van der Waals surface area contributed by atoms with Crippen LogP contribution in [0.5, 0.6) is 5.75 Å². The van der Waals surface area contributed by atoms with Crippen LogP contribution in [0.1, 0.15) is 34.8 Å². The second-order valence-corrected chi connectivity index (χ2v) is 9.79. The molecule has 1 atom stereocenters. The Morgan fingerprint density at radius 1 is 1.26 bits per heavy atom. The highest BCUT2D eigenvalue weighted by Gasteiger charge is 2.24. The highest BCUT2D eigenvalue weighted by atomic mass is 31.2. The number of carbonyl (C=O) groups is 1. The Hall–Kier alpha value is -3.11. The van der Waals surface area contributed by atoms with Gasteiger partial charge in [0, 0.05) is 19.3 Å². The summed E-state index contributed by atoms with van der Waals surface area (Å²) in [4.78, 5) is 39.9. The number of hydrogen-bond acceptors (Lipinski definition) is 7. The van der Waals surface area contributed by atoms with Crippen LogP contribution in [0.25, 0.3) is 11.0 Å². The summed E-state index contributed by atoms with van der Waals surface area (Å²) in [6, 6.07) is 7.52. The maximum Gasteiger partial charge on any atom is 0.328 e. The number of carbonyl (C=O) groups excluding carboxylic acids is 1. The van der Waals surface area contributed by atoms with Gasteiger partial charge in [0.05, 0.1) is 24.9 Å². The van der Waals surface area contributed by atoms with Crippen LogP contribution in [0.3, 0.4) is 0 Å². The summed E-state index contributed by atoms with van der Waals surface area (Å²) in [6.45, 7) is 1.12. The van der Waals surface area contributed by atoms with Crippen molar-refractivity contribution in [2.24, 2.45) is 0 Å². The standard InChI is InChI=1S/C23H27FN3O7P/c1-2-34-35(32,33)11-3-9-27-18-13-16(12-15-4-6-17(24)7-5-15)14-26-20(18)21(29)19(23(27)31)22(30)25-8-10-28/h4-7,13-14,28-29H,2-3,8-12H2,1H3,(H,25,30)(H,32,33). The molecule has 0 fully saturated rings. The zero-order valence-electron chi connectivity index (χ0n) is 19.1. The molecule has 3 aromatic rings. The van der Waals surface area contributed by atoms with Crippen molar-refractivity contribution in [2.45, 2.75) is 26.3 Å². The molecule has 1 unspecified atom stereocenters. The number of pyridine rings is 2. The van der Waals surface area contributed by atoms with Crippen LogP contribution in [0, 0.1) is 5.82 Å². The largest absolute Gasteiger partial charge is 0.505 e. The lowest BCUT2D eigenvalue weighted by Gasteiger charge is -2.16. The SMILES string of the molecule is CCOP(=O)(O)CCCn1c(=O)c(C(=O)NCCO)c(O)c2ncc(Cc3ccc(F)cc3)cc21. The van der Waals surface area contributed by atoms with Crippen LogP contribution in [0.15, 0.2) is 41.3 Å². The molecule has 2 aromatic heterocycles. The molecular formula is C23H27FN3O7P. The molecule has 1 aromatic carbocycles. The summed E-state index contributed by atoms with van der Waals surface area (Å²) >= 11 is 0. The van der Waals surface area contributed by atoms with Crippen LogP contribution in [0.2, 0.25) is 0 Å². The fraction of sp³-hybridized carbons (Fsp3) is 0.348. The molecule has 0 aliphatic heterocycles. The van der Waals surface area contributed by atoms with Gasteiger partial charge < -0.3 is 29.5 Å². The minimum absolute atomic E-state index is 0.00130. The fourth-order valence-corrected chi connectivity index (χ4v) is 4.73. The van der Waals surface area contributed by atoms with Gasteiger partial charge in [0.2, 0.25) is 0 Å². The van der Waals surface area contributed by atoms with Crippen LogP contribution < -0.4 is 10.9 Å². The normalized spacial score (nSPS) is 13.0. The lowest BCUT2D eigenvalue weighted by atomic mass is 10.1. The zero-order chi connectivity index (χ0) is 25.6. The third-order valence-corrected chi connectivity index (χ3v) is 6.78. The molecule has 12 heteroatoms. The third kappa shape index (κ3) is 6.52. The molecule has 188 valence electrons. The number of aliphatic hydroxyl groups excluding tert-OH is 1. The summed E-state index contributed by atoms with van der Waals surface area (Å²) in [6.07, 6.45) is 1.71. The Bertz CT molecular complexity index is 1310. The van der Waals surface area contributed by atoms with Gasteiger partial charge in [0.25, 0.3) is 11.5 Å². The molecule has 35 heavy (non-hydrogen) atoms. The van der Waals surface area contributed by atoms with E-state index in [9.17, 15) is 28.5 Å². The highest BCUT2D eigenvalue weighted by Crippen LogP contribution is 2.42. The Labute approximate surface area is 200 Å². The Balaban J connectivity index is 2.06. The van der Waals surface area contributed by atoms with Gasteiger partial charge in [0.15, 0.2) is 5.75 Å². The fourth-order valence-electron chi connectivity index (χ4n) is 3.66. The van der Waals surface area contributed by atoms with E-state index in [1.165, 1.54) is 22.9 Å². The van der Waals surface area contributed by atoms with E-state index < -0.39 is 30.4 Å². The minimum atomic E-state index is -3.84. The number of aryl methyl sites for hydroxylation is 1. The number of nitrogens with zero attached hydrogens (tertiary/aromatic N) is 2. The average Bonchev–Trinajstić information content (AvgIpc) is 2.81. The monoisotopic (exact) mass is 507 g/mol. The van der Waals surface area contributed by atoms with Crippen molar-refractivity contribution in [3.05, 3.63) is 69.4 Å². The molecule has 10 nitrogen and oxygen atoms in total. The van der Waals surface area contributed by atoms with Crippen LogP contribution in [-0.4, -0.2) is 56.5 Å². The first-order chi connectivity index (χ1) is 16.7. The Kier molecular flexibility index (Phi) is 8.74. The summed E-state index contributed by atoms with van der Waals surface area (Å²) in [5, 5.41) is 22.0. The summed E-state index contributed by atoms with van der Waals surface area (Å²) < 4.78 is 31.4. The van der Waals surface area contributed by atoms with Crippen molar-refractivity contribution in [3.63, 3.8) is 0 Å². The topological polar surface area (TPSA) is 151 Å². The van der Waals surface area contributed by atoms with Crippen molar-refractivity contribution in [1.29, 1.82) is 0 Å². The van der Waals surface area contributed by atoms with Gasteiger partial charge in [-0.2, -0.15) is 0 Å². The molecule has 0 saturated carbocycles. The summed E-state index contributed by atoms with van der Waals surface area (Å²) in [5.74, 6) is -1.85. The average molecular weight is 507 g/mol. The zero-order valence-corrected chi connectivity index (χ0v) is 20.0. The molecule has 2 heterocycles. The van der Waals surface area contributed by atoms with Gasteiger partial charge in [-0.3, -0.25) is 19.1 Å².